The minimum Gasteiger partial charge on any atom is -0.382 e. The van der Waals surface area contributed by atoms with Gasteiger partial charge in [0.05, 0.1) is 20.0 Å². The third-order valence-electron chi connectivity index (χ3n) is 4.10. The number of nitrogens with zero attached hydrogens (tertiary/aromatic N) is 3. The van der Waals surface area contributed by atoms with E-state index in [1.54, 1.807) is 0 Å². The molecule has 1 fully saturated rings. The molecule has 1 rings (SSSR count). The zero-order valence-electron chi connectivity index (χ0n) is 16.2. The fourth-order valence-corrected chi connectivity index (χ4v) is 3.01. The summed E-state index contributed by atoms with van der Waals surface area (Å²) in [6.45, 7) is 17.7. The Kier molecular flexibility index (Phi) is 13.7. The summed E-state index contributed by atoms with van der Waals surface area (Å²) >= 11 is 0. The highest BCUT2D eigenvalue weighted by molar-refractivity contribution is 4.70. The molecule has 0 bridgehead atoms. The summed E-state index contributed by atoms with van der Waals surface area (Å²) < 4.78 is 16.4. The Morgan fingerprint density at radius 2 is 0.833 bits per heavy atom. The van der Waals surface area contributed by atoms with Crippen molar-refractivity contribution < 1.29 is 14.2 Å². The SMILES string of the molecule is CCOCCCN1CN(CCCOCC)CN(CCCOCC)C1. The molecule has 0 unspecified atom stereocenters. The number of hydrogen-bond acceptors (Lipinski definition) is 6. The normalized spacial score (nSPS) is 17.6. The van der Waals surface area contributed by atoms with Gasteiger partial charge in [-0.2, -0.15) is 0 Å². The van der Waals surface area contributed by atoms with Crippen LogP contribution in [0.3, 0.4) is 0 Å². The zero-order chi connectivity index (χ0) is 17.5. The summed E-state index contributed by atoms with van der Waals surface area (Å²) in [5.41, 5.74) is 0. The van der Waals surface area contributed by atoms with E-state index in [0.29, 0.717) is 0 Å². The van der Waals surface area contributed by atoms with Crippen molar-refractivity contribution in [1.82, 2.24) is 14.7 Å². The van der Waals surface area contributed by atoms with Gasteiger partial charge in [-0.1, -0.05) is 0 Å². The number of rotatable bonds is 15. The van der Waals surface area contributed by atoms with Gasteiger partial charge in [-0.05, 0) is 40.0 Å². The van der Waals surface area contributed by atoms with E-state index in [4.69, 9.17) is 14.2 Å². The average molecular weight is 346 g/mol. The topological polar surface area (TPSA) is 37.4 Å². The number of hydrogen-bond donors (Lipinski definition) is 0. The molecule has 0 aliphatic carbocycles. The average Bonchev–Trinajstić information content (AvgIpc) is 2.59. The summed E-state index contributed by atoms with van der Waals surface area (Å²) in [7, 11) is 0. The van der Waals surface area contributed by atoms with Crippen LogP contribution >= 0.6 is 0 Å². The van der Waals surface area contributed by atoms with Crippen molar-refractivity contribution in [2.45, 2.75) is 40.0 Å². The Morgan fingerprint density at radius 1 is 0.542 bits per heavy atom. The van der Waals surface area contributed by atoms with Crippen LogP contribution in [0, 0.1) is 0 Å². The molecule has 6 nitrogen and oxygen atoms in total. The van der Waals surface area contributed by atoms with Crippen molar-refractivity contribution in [3.8, 4) is 0 Å². The predicted octanol–water partition coefficient (Wildman–Crippen LogP) is 2.06. The fraction of sp³-hybridized carbons (Fsp3) is 1.00. The third kappa shape index (κ3) is 10.6. The Hall–Kier alpha value is -0.240. The minimum absolute atomic E-state index is 0.813. The van der Waals surface area contributed by atoms with Gasteiger partial charge in [-0.15, -0.1) is 0 Å². The maximum absolute atomic E-state index is 5.47. The van der Waals surface area contributed by atoms with Crippen molar-refractivity contribution in [1.29, 1.82) is 0 Å². The van der Waals surface area contributed by atoms with E-state index in [-0.39, 0.29) is 0 Å². The molecule has 6 heteroatoms. The first-order valence-corrected chi connectivity index (χ1v) is 9.70. The highest BCUT2D eigenvalue weighted by atomic mass is 16.5. The first-order chi connectivity index (χ1) is 11.8. The van der Waals surface area contributed by atoms with Crippen molar-refractivity contribution in [3.63, 3.8) is 0 Å². The summed E-state index contributed by atoms with van der Waals surface area (Å²) in [5.74, 6) is 0. The fourth-order valence-electron chi connectivity index (χ4n) is 3.01. The van der Waals surface area contributed by atoms with Crippen LogP contribution < -0.4 is 0 Å². The van der Waals surface area contributed by atoms with Gasteiger partial charge in [0, 0.05) is 59.3 Å². The Labute approximate surface area is 149 Å². The summed E-state index contributed by atoms with van der Waals surface area (Å²) in [5, 5.41) is 0. The van der Waals surface area contributed by atoms with Gasteiger partial charge in [0.15, 0.2) is 0 Å². The van der Waals surface area contributed by atoms with E-state index in [1.165, 1.54) is 0 Å². The largest absolute Gasteiger partial charge is 0.382 e. The molecule has 24 heavy (non-hydrogen) atoms. The van der Waals surface area contributed by atoms with Gasteiger partial charge < -0.3 is 14.2 Å². The standard InChI is InChI=1S/C18H39N3O3/c1-4-22-13-7-10-19-16-20(11-8-14-23-5-2)18-21(17-19)12-9-15-24-6-3/h4-18H2,1-3H3. The molecule has 0 saturated carbocycles. The molecule has 0 atom stereocenters. The molecular weight excluding hydrogens is 306 g/mol. The zero-order valence-corrected chi connectivity index (χ0v) is 16.2. The number of ether oxygens (including phenoxy) is 3. The lowest BCUT2D eigenvalue weighted by molar-refractivity contribution is -0.0382. The summed E-state index contributed by atoms with van der Waals surface area (Å²) in [4.78, 5) is 7.59. The molecule has 1 heterocycles. The van der Waals surface area contributed by atoms with Gasteiger partial charge in [-0.3, -0.25) is 14.7 Å². The van der Waals surface area contributed by atoms with Crippen molar-refractivity contribution >= 4 is 0 Å². The molecule has 0 aromatic rings. The van der Waals surface area contributed by atoms with Crippen LogP contribution in [-0.4, -0.2) is 94.0 Å². The summed E-state index contributed by atoms with van der Waals surface area (Å²) in [6, 6.07) is 0. The molecule has 1 saturated heterocycles. The predicted molar refractivity (Wildman–Crippen MR) is 98.0 cm³/mol. The van der Waals surface area contributed by atoms with Gasteiger partial charge >= 0.3 is 0 Å². The van der Waals surface area contributed by atoms with Crippen molar-refractivity contribution in [3.05, 3.63) is 0 Å². The Balaban J connectivity index is 2.33. The minimum atomic E-state index is 0.813. The molecule has 0 N–H and O–H groups in total. The van der Waals surface area contributed by atoms with Crippen LogP contribution in [0.15, 0.2) is 0 Å². The van der Waals surface area contributed by atoms with Gasteiger partial charge in [-0.25, -0.2) is 0 Å². The third-order valence-corrected chi connectivity index (χ3v) is 4.10. The van der Waals surface area contributed by atoms with E-state index in [9.17, 15) is 0 Å². The van der Waals surface area contributed by atoms with Crippen LogP contribution in [0.2, 0.25) is 0 Å². The Bertz CT molecular complexity index is 233. The van der Waals surface area contributed by atoms with E-state index >= 15 is 0 Å². The second-order valence-corrected chi connectivity index (χ2v) is 6.26. The first kappa shape index (κ1) is 21.8. The van der Waals surface area contributed by atoms with E-state index in [0.717, 1.165) is 98.5 Å². The van der Waals surface area contributed by atoms with Crippen LogP contribution in [0.1, 0.15) is 40.0 Å². The van der Waals surface area contributed by atoms with Gasteiger partial charge in [0.1, 0.15) is 0 Å². The highest BCUT2D eigenvalue weighted by Gasteiger charge is 2.22. The lowest BCUT2D eigenvalue weighted by atomic mass is 10.3. The van der Waals surface area contributed by atoms with Crippen LogP contribution in [0.5, 0.6) is 0 Å². The highest BCUT2D eigenvalue weighted by Crippen LogP contribution is 2.09. The molecule has 144 valence electrons. The maximum atomic E-state index is 5.47. The van der Waals surface area contributed by atoms with Crippen LogP contribution in [-0.2, 0) is 14.2 Å². The van der Waals surface area contributed by atoms with E-state index < -0.39 is 0 Å². The smallest absolute Gasteiger partial charge is 0.0530 e. The van der Waals surface area contributed by atoms with E-state index in [2.05, 4.69) is 35.5 Å². The quantitative estimate of drug-likeness (QED) is 0.423. The molecule has 0 aromatic carbocycles. The van der Waals surface area contributed by atoms with Crippen LogP contribution in [0.4, 0.5) is 0 Å². The second-order valence-electron chi connectivity index (χ2n) is 6.26. The van der Waals surface area contributed by atoms with Crippen molar-refractivity contribution in [2.75, 3.05) is 79.3 Å². The lowest BCUT2D eigenvalue weighted by Crippen LogP contribution is -2.55. The molecule has 0 aromatic heterocycles. The van der Waals surface area contributed by atoms with Gasteiger partial charge in [0.25, 0.3) is 0 Å². The molecule has 0 spiro atoms. The molecular formula is C18H39N3O3. The van der Waals surface area contributed by atoms with Crippen molar-refractivity contribution in [2.24, 2.45) is 0 Å². The van der Waals surface area contributed by atoms with E-state index in [1.807, 2.05) is 0 Å². The Morgan fingerprint density at radius 3 is 1.08 bits per heavy atom. The van der Waals surface area contributed by atoms with Gasteiger partial charge in [0.2, 0.25) is 0 Å². The maximum Gasteiger partial charge on any atom is 0.0530 e. The lowest BCUT2D eigenvalue weighted by Gasteiger charge is -2.42. The molecule has 1 aliphatic heterocycles. The first-order valence-electron chi connectivity index (χ1n) is 9.70. The molecule has 1 aliphatic rings. The summed E-state index contributed by atoms with van der Waals surface area (Å²) in [6.07, 6.45) is 3.31. The monoisotopic (exact) mass is 345 g/mol. The second kappa shape index (κ2) is 15.0. The molecule has 0 radical (unpaired) electrons. The molecule has 0 amide bonds. The van der Waals surface area contributed by atoms with Crippen LogP contribution in [0.25, 0.3) is 0 Å².